The second-order valence-corrected chi connectivity index (χ2v) is 10.2. The Morgan fingerprint density at radius 2 is 1.65 bits per heavy atom. The van der Waals surface area contributed by atoms with E-state index in [0.717, 1.165) is 41.4 Å². The number of hydrogen-bond donors (Lipinski definition) is 2. The van der Waals surface area contributed by atoms with Gasteiger partial charge in [0.25, 0.3) is 5.95 Å². The van der Waals surface area contributed by atoms with Crippen molar-refractivity contribution in [3.63, 3.8) is 0 Å². The topological polar surface area (TPSA) is 96.6 Å². The van der Waals surface area contributed by atoms with Gasteiger partial charge in [0.2, 0.25) is 0 Å². The smallest absolute Gasteiger partial charge is 0.330 e. The zero-order valence-electron chi connectivity index (χ0n) is 21.3. The molecule has 0 bridgehead atoms. The summed E-state index contributed by atoms with van der Waals surface area (Å²) in [6, 6.07) is 11.0. The first-order valence-corrected chi connectivity index (χ1v) is 12.9. The standard InChI is InChI=1S/C27H27F6N7/c28-26(29,30)21-10-17(11-22(13-21)27(31,32)33)14-40(25-36-38-39-37-25)15-20-12-18-3-1-2-4-23(18)35-24(20)19(7-8-34)9-16-5-6-16/h1-4,10-13,16,19H,5-9,14-15,34H2,(H,36,37,38,39). The lowest BCUT2D eigenvalue weighted by Gasteiger charge is -2.26. The molecule has 7 nitrogen and oxygen atoms in total. The van der Waals surface area contributed by atoms with Crippen LogP contribution < -0.4 is 10.6 Å². The molecular formula is C27H27F6N7. The van der Waals surface area contributed by atoms with E-state index in [1.807, 2.05) is 30.3 Å². The minimum Gasteiger partial charge on any atom is -0.330 e. The van der Waals surface area contributed by atoms with E-state index < -0.39 is 23.5 Å². The van der Waals surface area contributed by atoms with Gasteiger partial charge in [0, 0.05) is 30.1 Å². The van der Waals surface area contributed by atoms with Crippen LogP contribution in [0.25, 0.3) is 10.9 Å². The molecule has 3 N–H and O–H groups in total. The van der Waals surface area contributed by atoms with Crippen LogP contribution in [0.5, 0.6) is 0 Å². The zero-order valence-corrected chi connectivity index (χ0v) is 21.3. The second kappa shape index (κ2) is 11.0. The van der Waals surface area contributed by atoms with E-state index in [-0.39, 0.29) is 36.6 Å². The summed E-state index contributed by atoms with van der Waals surface area (Å²) < 4.78 is 81.2. The predicted octanol–water partition coefficient (Wildman–Crippen LogP) is 6.22. The van der Waals surface area contributed by atoms with Gasteiger partial charge < -0.3 is 10.6 Å². The summed E-state index contributed by atoms with van der Waals surface area (Å²) in [5.41, 5.74) is 5.36. The van der Waals surface area contributed by atoms with Gasteiger partial charge in [0.15, 0.2) is 0 Å². The van der Waals surface area contributed by atoms with Crippen LogP contribution in [0.2, 0.25) is 0 Å². The van der Waals surface area contributed by atoms with E-state index in [0.29, 0.717) is 31.0 Å². The highest BCUT2D eigenvalue weighted by atomic mass is 19.4. The van der Waals surface area contributed by atoms with Gasteiger partial charge >= 0.3 is 12.4 Å². The number of pyridine rings is 1. The van der Waals surface area contributed by atoms with Crippen molar-refractivity contribution in [1.29, 1.82) is 0 Å². The van der Waals surface area contributed by atoms with E-state index in [9.17, 15) is 26.3 Å². The molecule has 1 unspecified atom stereocenters. The number of aromatic nitrogens is 5. The van der Waals surface area contributed by atoms with Gasteiger partial charge in [-0.1, -0.05) is 36.1 Å². The van der Waals surface area contributed by atoms with Gasteiger partial charge in [-0.05, 0) is 72.0 Å². The first-order valence-electron chi connectivity index (χ1n) is 12.9. The maximum atomic E-state index is 13.5. The third-order valence-corrected chi connectivity index (χ3v) is 7.05. The van der Waals surface area contributed by atoms with Crippen molar-refractivity contribution in [3.8, 4) is 0 Å². The number of nitrogens with one attached hydrogen (secondary N) is 1. The van der Waals surface area contributed by atoms with Crippen molar-refractivity contribution < 1.29 is 26.3 Å². The van der Waals surface area contributed by atoms with Crippen molar-refractivity contribution in [2.75, 3.05) is 11.4 Å². The molecule has 1 aliphatic rings. The summed E-state index contributed by atoms with van der Waals surface area (Å²) in [6.45, 7) is 0.198. The largest absolute Gasteiger partial charge is 0.416 e. The quantitative estimate of drug-likeness (QED) is 0.222. The van der Waals surface area contributed by atoms with E-state index in [1.165, 1.54) is 4.90 Å². The zero-order chi connectivity index (χ0) is 28.5. The molecule has 1 fully saturated rings. The molecule has 0 amide bonds. The third-order valence-electron chi connectivity index (χ3n) is 7.05. The van der Waals surface area contributed by atoms with Crippen LogP contribution in [0.15, 0.2) is 48.5 Å². The number of nitrogens with zero attached hydrogens (tertiary/aromatic N) is 5. The van der Waals surface area contributed by atoms with Gasteiger partial charge in [-0.3, -0.25) is 4.98 Å². The first-order chi connectivity index (χ1) is 19.0. The summed E-state index contributed by atoms with van der Waals surface area (Å²) in [5, 5.41) is 14.7. The van der Waals surface area contributed by atoms with Gasteiger partial charge in [-0.25, -0.2) is 0 Å². The normalized spacial score (nSPS) is 15.0. The Labute approximate surface area is 225 Å². The molecule has 1 atom stereocenters. The van der Waals surface area contributed by atoms with Crippen LogP contribution in [0.4, 0.5) is 32.3 Å². The molecule has 0 aliphatic heterocycles. The van der Waals surface area contributed by atoms with Crippen molar-refractivity contribution in [2.45, 2.75) is 57.0 Å². The van der Waals surface area contributed by atoms with Crippen molar-refractivity contribution in [2.24, 2.45) is 11.7 Å². The van der Waals surface area contributed by atoms with Crippen LogP contribution in [0.1, 0.15) is 59.5 Å². The average Bonchev–Trinajstić information content (AvgIpc) is 3.54. The van der Waals surface area contributed by atoms with Crippen molar-refractivity contribution >= 4 is 16.9 Å². The number of alkyl halides is 6. The van der Waals surface area contributed by atoms with Gasteiger partial charge in [-0.2, -0.15) is 31.6 Å². The van der Waals surface area contributed by atoms with Crippen LogP contribution >= 0.6 is 0 Å². The summed E-state index contributed by atoms with van der Waals surface area (Å²) in [6.07, 6.45) is -6.05. The Balaban J connectivity index is 1.57. The molecule has 40 heavy (non-hydrogen) atoms. The maximum absolute atomic E-state index is 13.5. The number of fused-ring (bicyclic) bond motifs is 1. The van der Waals surface area contributed by atoms with Crippen molar-refractivity contribution in [1.82, 2.24) is 25.6 Å². The fourth-order valence-electron chi connectivity index (χ4n) is 5.00. The molecule has 212 valence electrons. The fraction of sp³-hybridized carbons (Fsp3) is 0.407. The predicted molar refractivity (Wildman–Crippen MR) is 136 cm³/mol. The third kappa shape index (κ3) is 6.52. The highest BCUT2D eigenvalue weighted by molar-refractivity contribution is 5.79. The highest BCUT2D eigenvalue weighted by Gasteiger charge is 2.37. The van der Waals surface area contributed by atoms with Crippen LogP contribution in [-0.2, 0) is 25.4 Å². The van der Waals surface area contributed by atoms with Crippen LogP contribution in [-0.4, -0.2) is 32.2 Å². The minimum atomic E-state index is -4.96. The number of aromatic amines is 1. The summed E-state index contributed by atoms with van der Waals surface area (Å²) in [4.78, 5) is 6.46. The van der Waals surface area contributed by atoms with E-state index in [4.69, 9.17) is 10.7 Å². The van der Waals surface area contributed by atoms with Gasteiger partial charge in [-0.15, -0.1) is 5.10 Å². The molecule has 0 saturated heterocycles. The molecular weight excluding hydrogens is 536 g/mol. The van der Waals surface area contributed by atoms with Crippen molar-refractivity contribution in [3.05, 3.63) is 76.5 Å². The molecule has 2 aromatic heterocycles. The number of H-pyrrole nitrogens is 1. The molecule has 2 heterocycles. The van der Waals surface area contributed by atoms with Crippen LogP contribution in [0, 0.1) is 5.92 Å². The van der Waals surface area contributed by atoms with Crippen LogP contribution in [0.3, 0.4) is 0 Å². The van der Waals surface area contributed by atoms with E-state index in [2.05, 4.69) is 20.6 Å². The van der Waals surface area contributed by atoms with E-state index in [1.54, 1.807) is 0 Å². The number of tetrazole rings is 1. The maximum Gasteiger partial charge on any atom is 0.416 e. The lowest BCUT2D eigenvalue weighted by atomic mass is 9.90. The summed E-state index contributed by atoms with van der Waals surface area (Å²) in [5.74, 6) is 0.661. The average molecular weight is 564 g/mol. The first kappa shape index (κ1) is 27.8. The Morgan fingerprint density at radius 3 is 2.25 bits per heavy atom. The molecule has 2 aromatic carbocycles. The number of halogens is 6. The number of para-hydroxylation sites is 1. The molecule has 1 saturated carbocycles. The summed E-state index contributed by atoms with van der Waals surface area (Å²) >= 11 is 0. The van der Waals surface area contributed by atoms with E-state index >= 15 is 0 Å². The second-order valence-electron chi connectivity index (χ2n) is 10.2. The number of anilines is 1. The lowest BCUT2D eigenvalue weighted by Crippen LogP contribution is -2.26. The molecule has 13 heteroatoms. The highest BCUT2D eigenvalue weighted by Crippen LogP contribution is 2.41. The minimum absolute atomic E-state index is 0.0302. The lowest BCUT2D eigenvalue weighted by molar-refractivity contribution is -0.143. The Hall–Kier alpha value is -3.74. The molecule has 0 spiro atoms. The Kier molecular flexibility index (Phi) is 7.67. The number of nitrogens with two attached hydrogens (primary N) is 1. The fourth-order valence-corrected chi connectivity index (χ4v) is 5.00. The number of benzene rings is 2. The number of rotatable bonds is 10. The molecule has 5 rings (SSSR count). The SMILES string of the molecule is NCCC(CC1CC1)c1nc2ccccc2cc1CN(Cc1cc(C(F)(F)F)cc(C(F)(F)F)c1)c1nn[nH]n1. The van der Waals surface area contributed by atoms with Gasteiger partial charge in [0.1, 0.15) is 0 Å². The molecule has 1 aliphatic carbocycles. The number of hydrogen-bond acceptors (Lipinski definition) is 6. The molecule has 4 aromatic rings. The Bertz CT molecular complexity index is 1420. The van der Waals surface area contributed by atoms with Gasteiger partial charge in [0.05, 0.1) is 16.6 Å². The monoisotopic (exact) mass is 563 g/mol. The Morgan fingerprint density at radius 1 is 0.950 bits per heavy atom. The summed E-state index contributed by atoms with van der Waals surface area (Å²) in [7, 11) is 0. The molecule has 0 radical (unpaired) electrons.